The highest BCUT2D eigenvalue weighted by molar-refractivity contribution is 7.86. The van der Waals surface area contributed by atoms with Gasteiger partial charge in [0.05, 0.1) is 26.7 Å². The van der Waals surface area contributed by atoms with Gasteiger partial charge in [-0.2, -0.15) is 38.2 Å². The number of anilines is 1. The SMILES string of the molecule is CC1(C)C(/C=C/C2=C(Oc3ccc(CCC(=O)NCCC(O)(P(=O)([O-])O)P(=O)(O)O)cc3)C(=C\C=C3/N(CCCCS(=O)(=O)O)c4ccc(S(=O)(=O)O)cc4C3(C)C)/CCC2)=[N+](CCCCS(=O)(=O)O)c2ccc(S(=O)(=O)O)cc21. The molecule has 2 heterocycles. The minimum Gasteiger partial charge on any atom is -0.776 e. The minimum absolute atomic E-state index is 0.0997. The Hall–Kier alpha value is -4.74. The number of rotatable bonds is 25. The van der Waals surface area contributed by atoms with E-state index in [1.165, 1.54) is 24.3 Å². The van der Waals surface area contributed by atoms with Crippen LogP contribution in [0.15, 0.2) is 117 Å². The third kappa shape index (κ3) is 15.5. The third-order valence-corrected chi connectivity index (χ3v) is 21.4. The number of ether oxygens (including phenoxy) is 1. The molecule has 80 heavy (non-hydrogen) atoms. The molecule has 0 fully saturated rings. The molecule has 3 aliphatic rings. The van der Waals surface area contributed by atoms with E-state index in [-0.39, 0.29) is 48.6 Å². The van der Waals surface area contributed by atoms with E-state index in [9.17, 15) is 90.5 Å². The number of nitrogens with one attached hydrogen (secondary N) is 1. The molecule has 0 saturated heterocycles. The highest BCUT2D eigenvalue weighted by atomic mass is 32.2. The van der Waals surface area contributed by atoms with Crippen LogP contribution in [-0.2, 0) is 71.6 Å². The Kier molecular flexibility index (Phi) is 19.5. The average molecular weight is 1230 g/mol. The first-order valence-corrected chi connectivity index (χ1v) is 34.3. The molecule has 2 atom stereocenters. The molecule has 0 bridgehead atoms. The topological polar surface area (TPSA) is 400 Å². The second-order valence-electron chi connectivity index (χ2n) is 20.7. The summed E-state index contributed by atoms with van der Waals surface area (Å²) in [6.45, 7) is 7.22. The van der Waals surface area contributed by atoms with Crippen LogP contribution in [0.2, 0.25) is 0 Å². The lowest BCUT2D eigenvalue weighted by molar-refractivity contribution is -0.438. The van der Waals surface area contributed by atoms with E-state index in [4.69, 9.17) is 4.74 Å². The Bertz CT molecular complexity index is 3610. The van der Waals surface area contributed by atoms with E-state index >= 15 is 0 Å². The van der Waals surface area contributed by atoms with Gasteiger partial charge in [0.25, 0.3) is 40.5 Å². The van der Waals surface area contributed by atoms with Crippen LogP contribution >= 0.6 is 15.2 Å². The van der Waals surface area contributed by atoms with Crippen LogP contribution in [-0.4, -0.2) is 124 Å². The zero-order valence-electron chi connectivity index (χ0n) is 44.0. The smallest absolute Gasteiger partial charge is 0.365 e. The fourth-order valence-corrected chi connectivity index (χ4v) is 14.2. The van der Waals surface area contributed by atoms with Gasteiger partial charge in [0.2, 0.25) is 16.7 Å². The van der Waals surface area contributed by atoms with Crippen molar-refractivity contribution in [3.8, 4) is 5.75 Å². The molecule has 6 rings (SSSR count). The van der Waals surface area contributed by atoms with Crippen LogP contribution in [0.3, 0.4) is 0 Å². The number of allylic oxidation sites excluding steroid dienone is 7. The van der Waals surface area contributed by atoms with E-state index in [0.717, 1.165) is 0 Å². The molecule has 0 spiro atoms. The minimum atomic E-state index is -5.98. The number of unbranched alkanes of at least 4 members (excludes halogenated alkanes) is 2. The molecule has 24 nitrogen and oxygen atoms in total. The van der Waals surface area contributed by atoms with Crippen molar-refractivity contribution >= 4 is 78.7 Å². The monoisotopic (exact) mass is 1230 g/mol. The van der Waals surface area contributed by atoms with Gasteiger partial charge in [-0.05, 0) is 136 Å². The first-order valence-electron chi connectivity index (χ1n) is 25.0. The first kappa shape index (κ1) is 64.4. The van der Waals surface area contributed by atoms with Gasteiger partial charge in [0, 0.05) is 66.9 Å². The molecule has 0 aromatic heterocycles. The Morgan fingerprint density at radius 2 is 1.36 bits per heavy atom. The summed E-state index contributed by atoms with van der Waals surface area (Å²) in [5.74, 6) is -0.888. The Morgan fingerprint density at radius 1 is 0.775 bits per heavy atom. The van der Waals surface area contributed by atoms with Crippen molar-refractivity contribution in [2.24, 2.45) is 0 Å². The van der Waals surface area contributed by atoms with Crippen LogP contribution in [0.5, 0.6) is 5.75 Å². The van der Waals surface area contributed by atoms with Gasteiger partial charge in [0.1, 0.15) is 18.1 Å². The van der Waals surface area contributed by atoms with Crippen molar-refractivity contribution in [2.45, 2.75) is 118 Å². The number of nitrogens with zero attached hydrogens (tertiary/aromatic N) is 2. The summed E-state index contributed by atoms with van der Waals surface area (Å²) in [6.07, 6.45) is 8.46. The van der Waals surface area contributed by atoms with Crippen molar-refractivity contribution in [3.05, 3.63) is 124 Å². The maximum atomic E-state index is 12.7. The number of amides is 1. The van der Waals surface area contributed by atoms with E-state index in [0.29, 0.717) is 94.2 Å². The molecular formula is C50H65N3O21P2S4. The second-order valence-corrected chi connectivity index (χ2v) is 30.7. The van der Waals surface area contributed by atoms with Gasteiger partial charge in [-0.25, -0.2) is 0 Å². The molecule has 9 N–H and O–H groups in total. The van der Waals surface area contributed by atoms with Crippen molar-refractivity contribution in [1.29, 1.82) is 0 Å². The van der Waals surface area contributed by atoms with Crippen LogP contribution < -0.4 is 19.8 Å². The van der Waals surface area contributed by atoms with Gasteiger partial charge in [-0.1, -0.05) is 32.1 Å². The largest absolute Gasteiger partial charge is 0.776 e. The van der Waals surface area contributed by atoms with Crippen LogP contribution in [0.4, 0.5) is 11.4 Å². The maximum Gasteiger partial charge on any atom is 0.365 e. The number of aliphatic hydroxyl groups is 1. The summed E-state index contributed by atoms with van der Waals surface area (Å²) in [7, 11) is -29.5. The maximum absolute atomic E-state index is 12.7. The highest BCUT2D eigenvalue weighted by Crippen LogP contribution is 2.66. The average Bonchev–Trinajstić information content (AvgIpc) is 3.68. The fraction of sp³-hybridized carbons (Fsp3) is 0.440. The third-order valence-electron chi connectivity index (χ3n) is 14.2. The van der Waals surface area contributed by atoms with Gasteiger partial charge in [-0.3, -0.25) is 27.6 Å². The number of aryl methyl sites for hydroxylation is 1. The van der Waals surface area contributed by atoms with E-state index < -0.39 is 102 Å². The number of benzene rings is 3. The molecule has 3 aromatic carbocycles. The summed E-state index contributed by atoms with van der Waals surface area (Å²) in [5, 5.41) is 8.55. The van der Waals surface area contributed by atoms with Crippen molar-refractivity contribution < 1.29 is 99.8 Å². The lowest BCUT2D eigenvalue weighted by Crippen LogP contribution is -2.38. The predicted octanol–water partition coefficient (Wildman–Crippen LogP) is 5.38. The van der Waals surface area contributed by atoms with E-state index in [2.05, 4.69) is 5.32 Å². The van der Waals surface area contributed by atoms with E-state index in [1.807, 2.05) is 61.5 Å². The molecule has 440 valence electrons. The number of fused-ring (bicyclic) bond motifs is 2. The van der Waals surface area contributed by atoms with Gasteiger partial charge < -0.3 is 44.2 Å². The number of hydrogen-bond acceptors (Lipinski definition) is 15. The molecule has 2 aliphatic heterocycles. The standard InChI is InChI=1S/C50H65N3O21P2S4/c1-48(2)40-32-38(79(68,69)70)19-21-42(40)52(28-5-7-30-77(62,63)64)44(48)23-15-35-10-9-11-36(16-24-45-49(3,4)41-33-39(80(71,72)73)20-22-43(41)53(45)29-6-8-31-78(65,66)67)47(35)74-37-17-12-34(13-18-37)14-25-46(54)51-27-26-50(55,75(56,57)58)76(59,60)61/h12-13,15-24,32-33,55H,5-11,14,25-31H2,1-4H3,(H8-,51,54,56,57,58,59,60,61,62,63,64,65,66,67,68,69,70,71,72,73). The molecular weight excluding hydrogens is 1170 g/mol. The van der Waals surface area contributed by atoms with Crippen LogP contribution in [0.25, 0.3) is 0 Å². The molecule has 30 heteroatoms. The Balaban J connectivity index is 1.40. The second kappa shape index (κ2) is 24.2. The summed E-state index contributed by atoms with van der Waals surface area (Å²) in [4.78, 5) is 53.6. The summed E-state index contributed by atoms with van der Waals surface area (Å²) < 4.78 is 167. The fourth-order valence-electron chi connectivity index (χ4n) is 9.94. The number of hydrogen-bond donors (Lipinski definition) is 9. The quantitative estimate of drug-likeness (QED) is 0.0222. The molecule has 3 aromatic rings. The molecule has 0 radical (unpaired) electrons. The lowest BCUT2D eigenvalue weighted by atomic mass is 9.81. The van der Waals surface area contributed by atoms with Gasteiger partial charge >= 0.3 is 7.60 Å². The predicted molar refractivity (Wildman–Crippen MR) is 293 cm³/mol. The Morgan fingerprint density at radius 3 is 1.94 bits per heavy atom. The van der Waals surface area contributed by atoms with Crippen molar-refractivity contribution in [1.82, 2.24) is 5.32 Å². The highest BCUT2D eigenvalue weighted by Gasteiger charge is 2.53. The summed E-state index contributed by atoms with van der Waals surface area (Å²) >= 11 is 0. The van der Waals surface area contributed by atoms with Gasteiger partial charge in [0.15, 0.2) is 13.3 Å². The van der Waals surface area contributed by atoms with Gasteiger partial charge in [-0.15, -0.1) is 0 Å². The lowest BCUT2D eigenvalue weighted by Gasteiger charge is -2.36. The van der Waals surface area contributed by atoms with Crippen molar-refractivity contribution in [2.75, 3.05) is 36.0 Å². The van der Waals surface area contributed by atoms with E-state index in [1.54, 1.807) is 36.4 Å². The molecule has 1 aliphatic carbocycles. The first-order chi connectivity index (χ1) is 36.7. The molecule has 0 saturated carbocycles. The van der Waals surface area contributed by atoms with Crippen LogP contribution in [0.1, 0.15) is 102 Å². The molecule has 1 amide bonds. The normalized spacial score (nSPS) is 19.3. The van der Waals surface area contributed by atoms with Crippen LogP contribution in [0, 0.1) is 0 Å². The Labute approximate surface area is 465 Å². The molecule has 2 unspecified atom stereocenters. The number of carbonyl (C=O) groups excluding carboxylic acids is 1. The summed E-state index contributed by atoms with van der Waals surface area (Å²) in [5.41, 5.74) is 3.85. The zero-order chi connectivity index (χ0) is 59.7. The zero-order valence-corrected chi connectivity index (χ0v) is 49.1. The summed E-state index contributed by atoms with van der Waals surface area (Å²) in [6, 6.07) is 15.0. The van der Waals surface area contributed by atoms with Crippen molar-refractivity contribution in [3.63, 3.8) is 0 Å². The number of carbonyl (C=O) groups is 1.